The SMILES string of the molecule is [O-2].[O-2].[O-2].[O-2].[O-2].[Ti+4].[Ti+4].[Ti+4].[Ti+4].[Ti+4]. The first-order chi connectivity index (χ1) is 0. The molecule has 0 aliphatic carbocycles. The molecule has 0 aromatic heterocycles. The molecule has 0 spiro atoms. The van der Waals surface area contributed by atoms with Crippen molar-refractivity contribution in [3.8, 4) is 0 Å². The van der Waals surface area contributed by atoms with Crippen molar-refractivity contribution in [1.29, 1.82) is 0 Å². The molecule has 0 saturated carbocycles. The molecule has 0 aromatic carbocycles. The third kappa shape index (κ3) is 108. The van der Waals surface area contributed by atoms with Gasteiger partial charge in [-0.25, -0.2) is 0 Å². The summed E-state index contributed by atoms with van der Waals surface area (Å²) in [6, 6.07) is 0. The van der Waals surface area contributed by atoms with Gasteiger partial charge in [-0.15, -0.1) is 0 Å². The van der Waals surface area contributed by atoms with Gasteiger partial charge in [0.2, 0.25) is 0 Å². The summed E-state index contributed by atoms with van der Waals surface area (Å²) >= 11 is 0. The van der Waals surface area contributed by atoms with Crippen LogP contribution in [0, 0.1) is 0 Å². The maximum Gasteiger partial charge on any atom is 4.00 e. The van der Waals surface area contributed by atoms with Gasteiger partial charge in [0.15, 0.2) is 0 Å². The fourth-order valence-electron chi connectivity index (χ4n) is 0. The molecule has 0 heterocycles. The van der Waals surface area contributed by atoms with Crippen molar-refractivity contribution >= 4 is 0 Å². The van der Waals surface area contributed by atoms with Crippen molar-refractivity contribution in [1.82, 2.24) is 0 Å². The molecular weight excluding hydrogens is 319 g/mol. The fraction of sp³-hybridized carbons (Fsp3) is 0. The minimum atomic E-state index is 0. The van der Waals surface area contributed by atoms with Crippen LogP contribution in [0.1, 0.15) is 0 Å². The average molecular weight is 319 g/mol. The van der Waals surface area contributed by atoms with Crippen molar-refractivity contribution in [2.24, 2.45) is 0 Å². The van der Waals surface area contributed by atoms with Gasteiger partial charge in [0, 0.05) is 0 Å². The molecule has 0 N–H and O–H groups in total. The van der Waals surface area contributed by atoms with Gasteiger partial charge in [0.25, 0.3) is 0 Å². The third-order valence-electron chi connectivity index (χ3n) is 0. The van der Waals surface area contributed by atoms with Gasteiger partial charge in [-0.2, -0.15) is 0 Å². The van der Waals surface area contributed by atoms with E-state index >= 15 is 0 Å². The summed E-state index contributed by atoms with van der Waals surface area (Å²) in [6.07, 6.45) is 0. The molecule has 0 rings (SSSR count). The van der Waals surface area contributed by atoms with E-state index in [0.29, 0.717) is 0 Å². The standard InChI is InChI=1S/5O.5Ti/q5*-2;5*+4. The van der Waals surface area contributed by atoms with Crippen molar-refractivity contribution in [2.75, 3.05) is 0 Å². The van der Waals surface area contributed by atoms with Gasteiger partial charge in [0.05, 0.1) is 0 Å². The van der Waals surface area contributed by atoms with Crippen LogP contribution in [-0.4, -0.2) is 0 Å². The Hall–Kier alpha value is 3.37. The topological polar surface area (TPSA) is 142 Å². The Kier molecular flexibility index (Phi) is 2530. The van der Waals surface area contributed by atoms with Crippen LogP contribution in [0.5, 0.6) is 0 Å². The molecule has 0 amide bonds. The maximum atomic E-state index is 0. The molecule has 40 valence electrons. The van der Waals surface area contributed by atoms with Crippen molar-refractivity contribution in [3.63, 3.8) is 0 Å². The predicted molar refractivity (Wildman–Crippen MR) is 3.43 cm³/mol. The maximum absolute atomic E-state index is 0. The molecule has 10 heavy (non-hydrogen) atoms. The normalized spacial score (nSPS) is 0. The van der Waals surface area contributed by atoms with E-state index in [4.69, 9.17) is 0 Å². The summed E-state index contributed by atoms with van der Waals surface area (Å²) < 4.78 is 0. The first-order valence-electron chi connectivity index (χ1n) is 0. The van der Waals surface area contributed by atoms with Crippen LogP contribution in [0.3, 0.4) is 0 Å². The molecule has 0 unspecified atom stereocenters. The summed E-state index contributed by atoms with van der Waals surface area (Å²) in [4.78, 5) is 0. The number of hydrogen-bond acceptors (Lipinski definition) is 0. The predicted octanol–water partition coefficient (Wildman–Crippen LogP) is -0.606. The van der Waals surface area contributed by atoms with E-state index in [0.717, 1.165) is 0 Å². The molecular formula is O5Ti5+10. The van der Waals surface area contributed by atoms with E-state index in [9.17, 15) is 0 Å². The van der Waals surface area contributed by atoms with Crippen molar-refractivity contribution in [2.45, 2.75) is 0 Å². The molecule has 0 atom stereocenters. The average Bonchev–Trinajstić information content (AvgIpc) is 0. The van der Waals surface area contributed by atoms with Crippen LogP contribution < -0.4 is 0 Å². The van der Waals surface area contributed by atoms with Crippen LogP contribution in [0.15, 0.2) is 0 Å². The smallest absolute Gasteiger partial charge is 2.00 e. The Morgan fingerprint density at radius 1 is 0.200 bits per heavy atom. The van der Waals surface area contributed by atoms with Crippen LogP contribution in [0.25, 0.3) is 0 Å². The first-order valence-corrected chi connectivity index (χ1v) is 0. The van der Waals surface area contributed by atoms with E-state index < -0.39 is 0 Å². The van der Waals surface area contributed by atoms with Crippen LogP contribution in [-0.2, 0) is 136 Å². The minimum absolute atomic E-state index is 0. The van der Waals surface area contributed by atoms with E-state index in [1.165, 1.54) is 0 Å². The quantitative estimate of drug-likeness (QED) is 0.525. The van der Waals surface area contributed by atoms with E-state index in [1.807, 2.05) is 0 Å². The Balaban J connectivity index is 0. The summed E-state index contributed by atoms with van der Waals surface area (Å²) in [7, 11) is 0. The van der Waals surface area contributed by atoms with E-state index in [1.54, 1.807) is 0 Å². The molecule has 5 nitrogen and oxygen atoms in total. The molecule has 0 radical (unpaired) electrons. The van der Waals surface area contributed by atoms with E-state index in [2.05, 4.69) is 0 Å². The van der Waals surface area contributed by atoms with Gasteiger partial charge in [-0.3, -0.25) is 0 Å². The Morgan fingerprint density at radius 2 is 0.200 bits per heavy atom. The second kappa shape index (κ2) is 141. The van der Waals surface area contributed by atoms with E-state index in [-0.39, 0.29) is 136 Å². The van der Waals surface area contributed by atoms with Crippen LogP contribution >= 0.6 is 0 Å². The first kappa shape index (κ1) is 180. The number of rotatable bonds is 0. The monoisotopic (exact) mass is 320 g/mol. The Morgan fingerprint density at radius 3 is 0.200 bits per heavy atom. The molecule has 0 aliphatic rings. The summed E-state index contributed by atoms with van der Waals surface area (Å²) in [5, 5.41) is 0. The summed E-state index contributed by atoms with van der Waals surface area (Å²) in [5.74, 6) is 0. The molecule has 0 fully saturated rings. The van der Waals surface area contributed by atoms with Gasteiger partial charge in [-0.05, 0) is 0 Å². The minimum Gasteiger partial charge on any atom is -2.00 e. The third-order valence-corrected chi connectivity index (χ3v) is 0. The second-order valence-electron chi connectivity index (χ2n) is 0. The molecule has 0 aliphatic heterocycles. The molecule has 0 aromatic rings. The van der Waals surface area contributed by atoms with Gasteiger partial charge >= 0.3 is 109 Å². The molecule has 10 heteroatoms. The van der Waals surface area contributed by atoms with Gasteiger partial charge in [-0.1, -0.05) is 0 Å². The Bertz CT molecular complexity index is 10.0. The zero-order valence-electron chi connectivity index (χ0n) is 4.54. The molecule has 0 saturated heterocycles. The summed E-state index contributed by atoms with van der Waals surface area (Å²) in [6.45, 7) is 0. The van der Waals surface area contributed by atoms with Gasteiger partial charge in [0.1, 0.15) is 0 Å². The van der Waals surface area contributed by atoms with Crippen molar-refractivity contribution < 1.29 is 136 Å². The Labute approximate surface area is 134 Å². The zero-order valence-corrected chi connectivity index (χ0v) is 12.3. The second-order valence-corrected chi connectivity index (χ2v) is 0. The summed E-state index contributed by atoms with van der Waals surface area (Å²) in [5.41, 5.74) is 0. The van der Waals surface area contributed by atoms with Gasteiger partial charge < -0.3 is 27.4 Å². The molecule has 0 bridgehead atoms. The fourth-order valence-corrected chi connectivity index (χ4v) is 0. The zero-order chi connectivity index (χ0) is 0. The number of hydrogen-bond donors (Lipinski definition) is 0. The van der Waals surface area contributed by atoms with Crippen LogP contribution in [0.4, 0.5) is 0 Å². The van der Waals surface area contributed by atoms with Crippen molar-refractivity contribution in [3.05, 3.63) is 0 Å². The van der Waals surface area contributed by atoms with Crippen LogP contribution in [0.2, 0.25) is 0 Å². The largest absolute Gasteiger partial charge is 4.00 e.